The lowest BCUT2D eigenvalue weighted by atomic mass is 10.2. The molecule has 0 saturated heterocycles. The van der Waals surface area contributed by atoms with Crippen LogP contribution >= 0.6 is 11.6 Å². The largest absolute Gasteiger partial charge is 0.493 e. The first-order valence-corrected chi connectivity index (χ1v) is 8.28. The van der Waals surface area contributed by atoms with E-state index in [9.17, 15) is 4.39 Å². The number of ether oxygens (including phenoxy) is 2. The molecule has 0 saturated carbocycles. The Balaban J connectivity index is 1.98. The molecule has 0 spiro atoms. The maximum absolute atomic E-state index is 14.1. The van der Waals surface area contributed by atoms with Gasteiger partial charge in [0.25, 0.3) is 0 Å². The van der Waals surface area contributed by atoms with Crippen LogP contribution in [-0.4, -0.2) is 35.4 Å². The van der Waals surface area contributed by atoms with Crippen LogP contribution in [0.25, 0.3) is 10.9 Å². The van der Waals surface area contributed by atoms with Crippen molar-refractivity contribution in [2.75, 3.05) is 25.6 Å². The van der Waals surface area contributed by atoms with E-state index in [1.807, 2.05) is 0 Å². The molecule has 1 heterocycles. The number of benzene rings is 2. The molecule has 0 amide bonds. The lowest BCUT2D eigenvalue weighted by Crippen LogP contribution is -2.03. The van der Waals surface area contributed by atoms with Gasteiger partial charge in [-0.3, -0.25) is 0 Å². The van der Waals surface area contributed by atoms with Gasteiger partial charge in [0, 0.05) is 29.5 Å². The van der Waals surface area contributed by atoms with Crippen LogP contribution in [0.1, 0.15) is 6.42 Å². The number of aliphatic hydroxyl groups excluding tert-OH is 1. The summed E-state index contributed by atoms with van der Waals surface area (Å²) in [5.74, 6) is 0.942. The zero-order valence-corrected chi connectivity index (χ0v) is 14.8. The highest BCUT2D eigenvalue weighted by Crippen LogP contribution is 2.35. The number of nitrogens with zero attached hydrogens (tertiary/aromatic N) is 2. The first kappa shape index (κ1) is 18.2. The van der Waals surface area contributed by atoms with Crippen LogP contribution in [0.15, 0.2) is 36.7 Å². The Morgan fingerprint density at radius 3 is 2.77 bits per heavy atom. The summed E-state index contributed by atoms with van der Waals surface area (Å²) < 4.78 is 25.1. The topological polar surface area (TPSA) is 76.5 Å². The Hall–Kier alpha value is -2.64. The fourth-order valence-electron chi connectivity index (χ4n) is 2.40. The van der Waals surface area contributed by atoms with Crippen LogP contribution in [0.5, 0.6) is 11.5 Å². The standard InChI is InChI=1S/C18H17ClFN3O3/c1-25-16-8-12-15(9-17(16)26-6-2-5-24)21-10-22-18(12)23-14-4-3-11(19)7-13(14)20/h3-4,7-10,24H,2,5-6H2,1H3,(H,21,22,23). The number of halogens is 2. The highest BCUT2D eigenvalue weighted by Gasteiger charge is 2.13. The summed E-state index contributed by atoms with van der Waals surface area (Å²) >= 11 is 5.78. The van der Waals surface area contributed by atoms with Crippen molar-refractivity contribution in [1.82, 2.24) is 9.97 Å². The number of methoxy groups -OCH3 is 1. The summed E-state index contributed by atoms with van der Waals surface area (Å²) in [4.78, 5) is 8.43. The van der Waals surface area contributed by atoms with Gasteiger partial charge in [-0.25, -0.2) is 14.4 Å². The summed E-state index contributed by atoms with van der Waals surface area (Å²) in [6, 6.07) is 7.79. The van der Waals surface area contributed by atoms with Gasteiger partial charge in [0.15, 0.2) is 11.5 Å². The van der Waals surface area contributed by atoms with Gasteiger partial charge < -0.3 is 19.9 Å². The molecule has 1 aromatic heterocycles. The number of anilines is 2. The lowest BCUT2D eigenvalue weighted by molar-refractivity contribution is 0.228. The van der Waals surface area contributed by atoms with E-state index in [0.717, 1.165) is 0 Å². The maximum atomic E-state index is 14.1. The summed E-state index contributed by atoms with van der Waals surface area (Å²) in [5, 5.41) is 12.8. The molecule has 0 atom stereocenters. The molecule has 0 aliphatic rings. The molecule has 2 N–H and O–H groups in total. The van der Waals surface area contributed by atoms with Crippen molar-refractivity contribution in [1.29, 1.82) is 0 Å². The van der Waals surface area contributed by atoms with E-state index in [0.29, 0.717) is 46.3 Å². The van der Waals surface area contributed by atoms with E-state index in [1.54, 1.807) is 18.2 Å². The Morgan fingerprint density at radius 2 is 2.04 bits per heavy atom. The second kappa shape index (κ2) is 8.16. The molecule has 3 rings (SSSR count). The van der Waals surface area contributed by atoms with Crippen LogP contribution in [0.2, 0.25) is 5.02 Å². The summed E-state index contributed by atoms with van der Waals surface area (Å²) in [6.07, 6.45) is 1.89. The number of hydrogen-bond donors (Lipinski definition) is 2. The highest BCUT2D eigenvalue weighted by molar-refractivity contribution is 6.30. The molecule has 0 aliphatic heterocycles. The number of rotatable bonds is 7. The lowest BCUT2D eigenvalue weighted by Gasteiger charge is -2.14. The van der Waals surface area contributed by atoms with Gasteiger partial charge in [-0.05, 0) is 24.3 Å². The Bertz CT molecular complexity index is 924. The average Bonchev–Trinajstić information content (AvgIpc) is 2.64. The molecule has 0 radical (unpaired) electrons. The second-order valence-corrected chi connectivity index (χ2v) is 5.85. The van der Waals surface area contributed by atoms with Gasteiger partial charge in [-0.15, -0.1) is 0 Å². The molecular weight excluding hydrogens is 361 g/mol. The van der Waals surface area contributed by atoms with Crippen molar-refractivity contribution >= 4 is 34.0 Å². The van der Waals surface area contributed by atoms with E-state index in [1.165, 1.54) is 25.6 Å². The molecule has 136 valence electrons. The van der Waals surface area contributed by atoms with Crippen LogP contribution in [-0.2, 0) is 0 Å². The van der Waals surface area contributed by atoms with Crippen molar-refractivity contribution in [2.45, 2.75) is 6.42 Å². The summed E-state index contributed by atoms with van der Waals surface area (Å²) in [7, 11) is 1.52. The Morgan fingerprint density at radius 1 is 1.19 bits per heavy atom. The quantitative estimate of drug-likeness (QED) is 0.607. The minimum Gasteiger partial charge on any atom is -0.493 e. The third-order valence-corrected chi connectivity index (χ3v) is 3.90. The van der Waals surface area contributed by atoms with Gasteiger partial charge in [-0.2, -0.15) is 0 Å². The van der Waals surface area contributed by atoms with Crippen LogP contribution in [0, 0.1) is 5.82 Å². The van der Waals surface area contributed by atoms with Crippen molar-refractivity contribution in [3.8, 4) is 11.5 Å². The zero-order valence-electron chi connectivity index (χ0n) is 14.0. The van der Waals surface area contributed by atoms with E-state index in [4.69, 9.17) is 26.2 Å². The highest BCUT2D eigenvalue weighted by atomic mass is 35.5. The monoisotopic (exact) mass is 377 g/mol. The number of aliphatic hydroxyl groups is 1. The third-order valence-electron chi connectivity index (χ3n) is 3.66. The molecule has 0 fully saturated rings. The van der Waals surface area contributed by atoms with Crippen molar-refractivity contribution in [3.63, 3.8) is 0 Å². The SMILES string of the molecule is COc1cc2c(Nc3ccc(Cl)cc3F)ncnc2cc1OCCCO. The molecule has 0 aliphatic carbocycles. The molecule has 26 heavy (non-hydrogen) atoms. The predicted molar refractivity (Wildman–Crippen MR) is 98.0 cm³/mol. The van der Waals surface area contributed by atoms with Crippen molar-refractivity contribution in [2.24, 2.45) is 0 Å². The van der Waals surface area contributed by atoms with E-state index in [-0.39, 0.29) is 12.3 Å². The molecule has 8 heteroatoms. The molecule has 0 unspecified atom stereocenters. The van der Waals surface area contributed by atoms with Gasteiger partial charge in [0.1, 0.15) is 18.0 Å². The Labute approximate surface area is 154 Å². The van der Waals surface area contributed by atoms with Gasteiger partial charge in [-0.1, -0.05) is 11.6 Å². The fraction of sp³-hybridized carbons (Fsp3) is 0.222. The average molecular weight is 378 g/mol. The van der Waals surface area contributed by atoms with Crippen LogP contribution in [0.4, 0.5) is 15.9 Å². The number of aromatic nitrogens is 2. The number of hydrogen-bond acceptors (Lipinski definition) is 6. The van der Waals surface area contributed by atoms with Gasteiger partial charge >= 0.3 is 0 Å². The fourth-order valence-corrected chi connectivity index (χ4v) is 2.56. The van der Waals surface area contributed by atoms with Crippen LogP contribution < -0.4 is 14.8 Å². The molecule has 2 aromatic carbocycles. The maximum Gasteiger partial charge on any atom is 0.163 e. The second-order valence-electron chi connectivity index (χ2n) is 5.42. The molecule has 6 nitrogen and oxygen atoms in total. The molecule has 0 bridgehead atoms. The first-order chi connectivity index (χ1) is 12.6. The van der Waals surface area contributed by atoms with Crippen molar-refractivity contribution in [3.05, 3.63) is 47.5 Å². The zero-order chi connectivity index (χ0) is 18.5. The smallest absolute Gasteiger partial charge is 0.163 e. The summed E-state index contributed by atoms with van der Waals surface area (Å²) in [5.41, 5.74) is 0.855. The molecular formula is C18H17ClFN3O3. The number of fused-ring (bicyclic) bond motifs is 1. The number of nitrogens with one attached hydrogen (secondary N) is 1. The van der Waals surface area contributed by atoms with Crippen molar-refractivity contribution < 1.29 is 19.0 Å². The van der Waals surface area contributed by atoms with E-state index in [2.05, 4.69) is 15.3 Å². The van der Waals surface area contributed by atoms with E-state index < -0.39 is 5.82 Å². The summed E-state index contributed by atoms with van der Waals surface area (Å²) in [6.45, 7) is 0.392. The predicted octanol–water partition coefficient (Wildman–Crippen LogP) is 3.94. The van der Waals surface area contributed by atoms with Gasteiger partial charge in [0.05, 0.1) is 24.9 Å². The van der Waals surface area contributed by atoms with Crippen LogP contribution in [0.3, 0.4) is 0 Å². The Kier molecular flexibility index (Phi) is 5.70. The first-order valence-electron chi connectivity index (χ1n) is 7.91. The minimum absolute atomic E-state index is 0.0405. The normalized spacial score (nSPS) is 10.8. The van der Waals surface area contributed by atoms with Gasteiger partial charge in [0.2, 0.25) is 0 Å². The third kappa shape index (κ3) is 3.95. The minimum atomic E-state index is -0.486. The molecule has 3 aromatic rings. The van der Waals surface area contributed by atoms with E-state index >= 15 is 0 Å².